The fourth-order valence-corrected chi connectivity index (χ4v) is 0.992. The number of hydrogen-bond acceptors (Lipinski definition) is 4. The van der Waals surface area contributed by atoms with Gasteiger partial charge in [0.05, 0.1) is 24.0 Å². The second kappa shape index (κ2) is 3.22. The Balaban J connectivity index is 3.33. The van der Waals surface area contributed by atoms with E-state index in [4.69, 9.17) is 27.3 Å². The van der Waals surface area contributed by atoms with Gasteiger partial charge in [0.2, 0.25) is 0 Å². The van der Waals surface area contributed by atoms with E-state index >= 15 is 0 Å². The van der Waals surface area contributed by atoms with Crippen LogP contribution in [-0.2, 0) is 0 Å². The third-order valence-corrected chi connectivity index (χ3v) is 1.70. The van der Waals surface area contributed by atoms with Crippen molar-refractivity contribution in [2.45, 2.75) is 0 Å². The number of anilines is 2. The molecule has 1 aromatic carbocycles. The molecule has 0 saturated carbocycles. The molecule has 0 atom stereocenters. The lowest BCUT2D eigenvalue weighted by molar-refractivity contribution is 0.414. The van der Waals surface area contributed by atoms with Gasteiger partial charge < -0.3 is 21.9 Å². The van der Waals surface area contributed by atoms with E-state index in [1.54, 1.807) is 6.07 Å². The second-order valence-electron chi connectivity index (χ2n) is 2.60. The van der Waals surface area contributed by atoms with Crippen LogP contribution in [0.5, 0.6) is 5.75 Å². The van der Waals surface area contributed by atoms with E-state index in [0.717, 1.165) is 0 Å². The Labute approximate surface area is 76.0 Å². The number of hydrogen-bond donors (Lipinski definition) is 4. The summed E-state index contributed by atoms with van der Waals surface area (Å²) >= 11 is 0. The first-order valence-electron chi connectivity index (χ1n) is 3.63. The van der Waals surface area contributed by atoms with E-state index in [1.165, 1.54) is 13.2 Å². The van der Waals surface area contributed by atoms with Crippen molar-refractivity contribution >= 4 is 17.2 Å². The van der Waals surface area contributed by atoms with Crippen LogP contribution in [0.15, 0.2) is 12.1 Å². The van der Waals surface area contributed by atoms with E-state index in [-0.39, 0.29) is 5.84 Å². The number of ether oxygens (including phenoxy) is 1. The number of nitrogen functional groups attached to an aromatic ring is 3. The molecule has 0 amide bonds. The lowest BCUT2D eigenvalue weighted by atomic mass is 10.1. The van der Waals surface area contributed by atoms with E-state index in [9.17, 15) is 0 Å². The zero-order valence-corrected chi connectivity index (χ0v) is 7.29. The van der Waals surface area contributed by atoms with E-state index < -0.39 is 0 Å². The lowest BCUT2D eigenvalue weighted by Gasteiger charge is -2.09. The summed E-state index contributed by atoms with van der Waals surface area (Å²) in [6.07, 6.45) is 0. The molecule has 13 heavy (non-hydrogen) atoms. The van der Waals surface area contributed by atoms with Crippen molar-refractivity contribution in [1.29, 1.82) is 5.41 Å². The quantitative estimate of drug-likeness (QED) is 0.295. The molecule has 0 aliphatic carbocycles. The molecule has 1 aromatic rings. The minimum atomic E-state index is -0.0939. The summed E-state index contributed by atoms with van der Waals surface area (Å²) in [7, 11) is 1.48. The number of nitrogens with two attached hydrogens (primary N) is 3. The third-order valence-electron chi connectivity index (χ3n) is 1.70. The summed E-state index contributed by atoms with van der Waals surface area (Å²) in [4.78, 5) is 0. The fraction of sp³-hybridized carbons (Fsp3) is 0.125. The number of nitrogens with one attached hydrogen (secondary N) is 1. The highest BCUT2D eigenvalue weighted by atomic mass is 16.5. The topological polar surface area (TPSA) is 111 Å². The maximum Gasteiger partial charge on any atom is 0.131 e. The summed E-state index contributed by atoms with van der Waals surface area (Å²) in [5.74, 6) is 0.364. The highest BCUT2D eigenvalue weighted by Gasteiger charge is 2.08. The van der Waals surface area contributed by atoms with Crippen LogP contribution in [0.3, 0.4) is 0 Å². The highest BCUT2D eigenvalue weighted by Crippen LogP contribution is 2.26. The van der Waals surface area contributed by atoms with Gasteiger partial charge in [-0.2, -0.15) is 0 Å². The van der Waals surface area contributed by atoms with Gasteiger partial charge in [-0.05, 0) is 6.07 Å². The van der Waals surface area contributed by atoms with Crippen molar-refractivity contribution in [1.82, 2.24) is 0 Å². The summed E-state index contributed by atoms with van der Waals surface area (Å²) in [6, 6.07) is 3.07. The maximum absolute atomic E-state index is 7.25. The predicted molar refractivity (Wildman–Crippen MR) is 52.8 cm³/mol. The molecule has 0 saturated heterocycles. The first-order valence-corrected chi connectivity index (χ1v) is 3.63. The van der Waals surface area contributed by atoms with Gasteiger partial charge >= 0.3 is 0 Å². The van der Waals surface area contributed by atoms with Gasteiger partial charge in [-0.3, -0.25) is 5.41 Å². The molecular weight excluding hydrogens is 168 g/mol. The van der Waals surface area contributed by atoms with Crippen LogP contribution in [0.4, 0.5) is 11.4 Å². The van der Waals surface area contributed by atoms with Gasteiger partial charge in [0.1, 0.15) is 11.6 Å². The van der Waals surface area contributed by atoms with Crippen molar-refractivity contribution < 1.29 is 4.74 Å². The van der Waals surface area contributed by atoms with Crippen LogP contribution in [0, 0.1) is 5.41 Å². The van der Waals surface area contributed by atoms with Crippen molar-refractivity contribution in [3.63, 3.8) is 0 Å². The molecule has 70 valence electrons. The summed E-state index contributed by atoms with van der Waals surface area (Å²) in [5.41, 5.74) is 17.7. The Morgan fingerprint density at radius 2 is 1.85 bits per heavy atom. The van der Waals surface area contributed by atoms with Crippen molar-refractivity contribution in [2.24, 2.45) is 5.73 Å². The Morgan fingerprint density at radius 3 is 2.31 bits per heavy atom. The fourth-order valence-electron chi connectivity index (χ4n) is 0.992. The van der Waals surface area contributed by atoms with Crippen LogP contribution in [0.1, 0.15) is 5.56 Å². The van der Waals surface area contributed by atoms with Crippen LogP contribution < -0.4 is 21.9 Å². The van der Waals surface area contributed by atoms with Gasteiger partial charge in [0.25, 0.3) is 0 Å². The molecule has 0 radical (unpaired) electrons. The van der Waals surface area contributed by atoms with Gasteiger partial charge in [-0.25, -0.2) is 0 Å². The molecule has 5 heteroatoms. The molecule has 0 aliphatic heterocycles. The molecule has 0 unspecified atom stereocenters. The second-order valence-corrected chi connectivity index (χ2v) is 2.60. The van der Waals surface area contributed by atoms with Crippen LogP contribution in [-0.4, -0.2) is 12.9 Å². The number of benzene rings is 1. The molecular formula is C8H12N4O. The first kappa shape index (κ1) is 9.18. The van der Waals surface area contributed by atoms with Crippen molar-refractivity contribution in [2.75, 3.05) is 18.6 Å². The molecule has 0 aliphatic rings. The number of methoxy groups -OCH3 is 1. The monoisotopic (exact) mass is 180 g/mol. The van der Waals surface area contributed by atoms with E-state index in [2.05, 4.69) is 0 Å². The van der Waals surface area contributed by atoms with Crippen LogP contribution in [0.25, 0.3) is 0 Å². The minimum absolute atomic E-state index is 0.0939. The van der Waals surface area contributed by atoms with Gasteiger partial charge in [-0.15, -0.1) is 0 Å². The number of rotatable bonds is 2. The highest BCUT2D eigenvalue weighted by molar-refractivity contribution is 5.99. The molecule has 0 bridgehead atoms. The zero-order chi connectivity index (χ0) is 10.0. The van der Waals surface area contributed by atoms with Gasteiger partial charge in [0, 0.05) is 6.07 Å². The largest absolute Gasteiger partial charge is 0.496 e. The Morgan fingerprint density at radius 1 is 1.31 bits per heavy atom. The molecule has 1 rings (SSSR count). The Hall–Kier alpha value is -1.91. The third kappa shape index (κ3) is 1.64. The Bertz CT molecular complexity index is 348. The predicted octanol–water partition coefficient (Wildman–Crippen LogP) is 0.144. The SMILES string of the molecule is COc1cc(N)c(N)cc1C(=N)N. The molecule has 0 heterocycles. The molecule has 0 aromatic heterocycles. The van der Waals surface area contributed by atoms with Crippen LogP contribution >= 0.6 is 0 Å². The van der Waals surface area contributed by atoms with Crippen LogP contribution in [0.2, 0.25) is 0 Å². The number of amidine groups is 1. The first-order chi connectivity index (χ1) is 6.06. The summed E-state index contributed by atoms with van der Waals surface area (Å²) in [6.45, 7) is 0. The average Bonchev–Trinajstić information content (AvgIpc) is 2.08. The zero-order valence-electron chi connectivity index (χ0n) is 7.29. The minimum Gasteiger partial charge on any atom is -0.496 e. The van der Waals surface area contributed by atoms with Gasteiger partial charge in [-0.1, -0.05) is 0 Å². The van der Waals surface area contributed by atoms with Crippen molar-refractivity contribution in [3.8, 4) is 5.75 Å². The molecule has 5 nitrogen and oxygen atoms in total. The summed E-state index contributed by atoms with van der Waals surface area (Å²) in [5, 5.41) is 7.25. The van der Waals surface area contributed by atoms with E-state index in [1.807, 2.05) is 0 Å². The smallest absolute Gasteiger partial charge is 0.131 e. The normalized spacial score (nSPS) is 9.62. The van der Waals surface area contributed by atoms with E-state index in [0.29, 0.717) is 22.7 Å². The van der Waals surface area contributed by atoms with Crippen molar-refractivity contribution in [3.05, 3.63) is 17.7 Å². The average molecular weight is 180 g/mol. The molecule has 7 N–H and O–H groups in total. The summed E-state index contributed by atoms with van der Waals surface area (Å²) < 4.78 is 4.99. The molecule has 0 fully saturated rings. The lowest BCUT2D eigenvalue weighted by Crippen LogP contribution is -2.13. The maximum atomic E-state index is 7.25. The van der Waals surface area contributed by atoms with Gasteiger partial charge in [0.15, 0.2) is 0 Å². The Kier molecular flexibility index (Phi) is 2.27. The molecule has 0 spiro atoms. The standard InChI is InChI=1S/C8H12N4O/c1-13-7-3-6(10)5(9)2-4(7)8(11)12/h2-3H,9-10H2,1H3,(H3,11,12).